The average molecular weight is 395 g/mol. The molecule has 2 fully saturated rings. The number of sulfonamides is 1. The Bertz CT molecular complexity index is 797. The molecule has 1 aromatic carbocycles. The van der Waals surface area contributed by atoms with Crippen LogP contribution in [-0.4, -0.2) is 46.0 Å². The third-order valence-corrected chi connectivity index (χ3v) is 6.01. The monoisotopic (exact) mass is 395 g/mol. The van der Waals surface area contributed by atoms with Gasteiger partial charge in [-0.15, -0.1) is 0 Å². The molecular weight excluding hydrogens is 370 g/mol. The number of hydrogen-bond acceptors (Lipinski definition) is 5. The van der Waals surface area contributed by atoms with E-state index < -0.39 is 15.4 Å². The lowest BCUT2D eigenvalue weighted by molar-refractivity contribution is -0.137. The van der Waals surface area contributed by atoms with Crippen LogP contribution in [-0.2, 0) is 30.8 Å². The highest BCUT2D eigenvalue weighted by molar-refractivity contribution is 7.89. The van der Waals surface area contributed by atoms with Gasteiger partial charge in [0.2, 0.25) is 21.8 Å². The van der Waals surface area contributed by atoms with E-state index in [1.165, 1.54) is 12.1 Å². The molecule has 0 bridgehead atoms. The van der Waals surface area contributed by atoms with Gasteiger partial charge in [-0.25, -0.2) is 13.6 Å². The van der Waals surface area contributed by atoms with Gasteiger partial charge in [0, 0.05) is 19.7 Å². The first kappa shape index (κ1) is 19.8. The number of amides is 2. The highest BCUT2D eigenvalue weighted by Crippen LogP contribution is 2.46. The molecule has 1 saturated heterocycles. The summed E-state index contributed by atoms with van der Waals surface area (Å²) in [4.78, 5) is 24.9. The van der Waals surface area contributed by atoms with Gasteiger partial charge in [-0.3, -0.25) is 9.59 Å². The van der Waals surface area contributed by atoms with Crippen LogP contribution in [0.3, 0.4) is 0 Å². The van der Waals surface area contributed by atoms with Gasteiger partial charge in [-0.1, -0.05) is 12.1 Å². The Labute approximate surface area is 158 Å². The summed E-state index contributed by atoms with van der Waals surface area (Å²) in [6.07, 6.45) is 3.63. The van der Waals surface area contributed by atoms with Crippen molar-refractivity contribution in [3.63, 3.8) is 0 Å². The van der Waals surface area contributed by atoms with Crippen molar-refractivity contribution in [1.82, 2.24) is 10.6 Å². The predicted octanol–water partition coefficient (Wildman–Crippen LogP) is 0.0681. The second-order valence-electron chi connectivity index (χ2n) is 7.12. The highest BCUT2D eigenvalue weighted by atomic mass is 32.2. The number of carbonyl (C=O) groups is 2. The maximum absolute atomic E-state index is 12.4. The molecule has 9 heteroatoms. The maximum Gasteiger partial charge on any atom is 0.238 e. The van der Waals surface area contributed by atoms with Crippen molar-refractivity contribution < 1.29 is 22.7 Å². The van der Waals surface area contributed by atoms with Gasteiger partial charge in [0.05, 0.1) is 11.0 Å². The summed E-state index contributed by atoms with van der Waals surface area (Å²) in [5.74, 6) is -0.485. The van der Waals surface area contributed by atoms with E-state index in [2.05, 4.69) is 10.6 Å². The Morgan fingerprint density at radius 2 is 1.81 bits per heavy atom. The van der Waals surface area contributed by atoms with Crippen LogP contribution in [0.4, 0.5) is 0 Å². The van der Waals surface area contributed by atoms with E-state index in [-0.39, 0.29) is 22.8 Å². The lowest BCUT2D eigenvalue weighted by Gasteiger charge is -2.17. The Morgan fingerprint density at radius 1 is 1.15 bits per heavy atom. The van der Waals surface area contributed by atoms with Gasteiger partial charge in [-0.2, -0.15) is 0 Å². The van der Waals surface area contributed by atoms with Crippen molar-refractivity contribution in [3.8, 4) is 0 Å². The van der Waals surface area contributed by atoms with Crippen LogP contribution in [0.1, 0.15) is 31.2 Å². The molecule has 1 aromatic rings. The Balaban J connectivity index is 1.45. The normalized spacial score (nSPS) is 20.9. The van der Waals surface area contributed by atoms with E-state index in [0.717, 1.165) is 25.0 Å². The molecule has 0 aromatic heterocycles. The summed E-state index contributed by atoms with van der Waals surface area (Å²) in [7, 11) is -3.71. The lowest BCUT2D eigenvalue weighted by Crippen LogP contribution is -2.45. The standard InChI is InChI=1S/C18H25N3O5S/c19-27(24,25)15-5-3-13(4-6-15)7-10-20-16(22)18(8-9-18)17(23)21-12-14-2-1-11-26-14/h3-6,14H,1-2,7-12H2,(H,20,22)(H,21,23)(H2,19,24,25). The molecule has 8 nitrogen and oxygen atoms in total. The molecule has 0 radical (unpaired) electrons. The van der Waals surface area contributed by atoms with Crippen molar-refractivity contribution in [2.45, 2.75) is 43.1 Å². The van der Waals surface area contributed by atoms with E-state index in [9.17, 15) is 18.0 Å². The van der Waals surface area contributed by atoms with E-state index in [0.29, 0.717) is 32.4 Å². The van der Waals surface area contributed by atoms with Gasteiger partial charge in [-0.05, 0) is 49.8 Å². The Morgan fingerprint density at radius 3 is 2.37 bits per heavy atom. The lowest BCUT2D eigenvalue weighted by atomic mass is 10.0. The molecule has 2 aliphatic rings. The fraction of sp³-hybridized carbons (Fsp3) is 0.556. The SMILES string of the molecule is NS(=O)(=O)c1ccc(CCNC(=O)C2(C(=O)NCC3CCCO3)CC2)cc1. The molecule has 27 heavy (non-hydrogen) atoms. The summed E-state index contributed by atoms with van der Waals surface area (Å²) in [6.45, 7) is 1.54. The third kappa shape index (κ3) is 4.85. The highest BCUT2D eigenvalue weighted by Gasteiger charge is 2.56. The first-order valence-corrected chi connectivity index (χ1v) is 10.7. The van der Waals surface area contributed by atoms with Crippen LogP contribution in [0, 0.1) is 5.41 Å². The molecule has 1 heterocycles. The van der Waals surface area contributed by atoms with E-state index in [4.69, 9.17) is 9.88 Å². The van der Waals surface area contributed by atoms with E-state index in [1.807, 2.05) is 0 Å². The minimum Gasteiger partial charge on any atom is -0.376 e. The van der Waals surface area contributed by atoms with Gasteiger partial charge in [0.25, 0.3) is 0 Å². The zero-order valence-electron chi connectivity index (χ0n) is 15.1. The number of ether oxygens (including phenoxy) is 1. The minimum atomic E-state index is -3.71. The van der Waals surface area contributed by atoms with Crippen molar-refractivity contribution in [1.29, 1.82) is 0 Å². The third-order valence-electron chi connectivity index (χ3n) is 5.08. The quantitative estimate of drug-likeness (QED) is 0.537. The largest absolute Gasteiger partial charge is 0.376 e. The van der Waals surface area contributed by atoms with Crippen LogP contribution in [0.15, 0.2) is 29.2 Å². The zero-order chi connectivity index (χ0) is 19.5. The molecule has 4 N–H and O–H groups in total. The second kappa shape index (κ2) is 7.95. The van der Waals surface area contributed by atoms with Crippen LogP contribution in [0.5, 0.6) is 0 Å². The molecule has 148 valence electrons. The Hall–Kier alpha value is -1.97. The number of nitrogens with one attached hydrogen (secondary N) is 2. The molecule has 0 spiro atoms. The molecule has 3 rings (SSSR count). The fourth-order valence-corrected chi connectivity index (χ4v) is 3.71. The van der Waals surface area contributed by atoms with Gasteiger partial charge >= 0.3 is 0 Å². The first-order chi connectivity index (χ1) is 12.8. The van der Waals surface area contributed by atoms with Crippen molar-refractivity contribution >= 4 is 21.8 Å². The number of nitrogens with two attached hydrogens (primary N) is 1. The summed E-state index contributed by atoms with van der Waals surface area (Å²) in [5, 5.41) is 10.7. The number of hydrogen-bond donors (Lipinski definition) is 3. The average Bonchev–Trinajstić information content (AvgIpc) is 3.28. The van der Waals surface area contributed by atoms with E-state index >= 15 is 0 Å². The second-order valence-corrected chi connectivity index (χ2v) is 8.68. The first-order valence-electron chi connectivity index (χ1n) is 9.11. The molecule has 1 aliphatic heterocycles. The van der Waals surface area contributed by atoms with Gasteiger partial charge in [0.1, 0.15) is 5.41 Å². The molecule has 1 unspecified atom stereocenters. The number of carbonyl (C=O) groups excluding carboxylic acids is 2. The van der Waals surface area contributed by atoms with Crippen LogP contribution in [0.25, 0.3) is 0 Å². The molecular formula is C18H25N3O5S. The number of benzene rings is 1. The molecule has 1 saturated carbocycles. The summed E-state index contributed by atoms with van der Waals surface area (Å²) in [6, 6.07) is 6.20. The van der Waals surface area contributed by atoms with Crippen molar-refractivity contribution in [2.24, 2.45) is 10.6 Å². The summed E-state index contributed by atoms with van der Waals surface area (Å²) < 4.78 is 28.0. The zero-order valence-corrected chi connectivity index (χ0v) is 15.9. The summed E-state index contributed by atoms with van der Waals surface area (Å²) >= 11 is 0. The predicted molar refractivity (Wildman–Crippen MR) is 98.2 cm³/mol. The van der Waals surface area contributed by atoms with Crippen molar-refractivity contribution in [2.75, 3.05) is 19.7 Å². The van der Waals surface area contributed by atoms with Crippen LogP contribution < -0.4 is 15.8 Å². The fourth-order valence-electron chi connectivity index (χ4n) is 3.20. The minimum absolute atomic E-state index is 0.0492. The van der Waals surface area contributed by atoms with Crippen molar-refractivity contribution in [3.05, 3.63) is 29.8 Å². The molecule has 1 aliphatic carbocycles. The molecule has 1 atom stereocenters. The summed E-state index contributed by atoms with van der Waals surface area (Å²) in [5.41, 5.74) is -0.0776. The van der Waals surface area contributed by atoms with Gasteiger partial charge in [0.15, 0.2) is 0 Å². The maximum atomic E-state index is 12.4. The van der Waals surface area contributed by atoms with E-state index in [1.54, 1.807) is 12.1 Å². The number of rotatable bonds is 8. The molecule has 2 amide bonds. The number of primary sulfonamides is 1. The van der Waals surface area contributed by atoms with Gasteiger partial charge < -0.3 is 15.4 Å². The topological polar surface area (TPSA) is 128 Å². The van der Waals surface area contributed by atoms with Crippen LogP contribution in [0.2, 0.25) is 0 Å². The Kier molecular flexibility index (Phi) is 5.83. The smallest absolute Gasteiger partial charge is 0.238 e. The van der Waals surface area contributed by atoms with Crippen LogP contribution >= 0.6 is 0 Å².